The van der Waals surface area contributed by atoms with Crippen LogP contribution in [0.4, 0.5) is 5.69 Å². The SMILES string of the molecule is CC(C)C(=O)c1nn(C(C)(C)C)cc1NC(=O)c1ccncc1. The number of carbonyl (C=O) groups excluding carboxylic acids is 2. The summed E-state index contributed by atoms with van der Waals surface area (Å²) in [6.45, 7) is 9.58. The number of aromatic nitrogens is 3. The number of anilines is 1. The monoisotopic (exact) mass is 314 g/mol. The zero-order valence-electron chi connectivity index (χ0n) is 14.1. The van der Waals surface area contributed by atoms with Crippen LogP contribution in [0.5, 0.6) is 0 Å². The summed E-state index contributed by atoms with van der Waals surface area (Å²) >= 11 is 0. The molecular formula is C17H22N4O2. The Bertz CT molecular complexity index is 712. The van der Waals surface area contributed by atoms with Crippen molar-refractivity contribution in [3.05, 3.63) is 42.0 Å². The maximum Gasteiger partial charge on any atom is 0.255 e. The molecule has 2 rings (SSSR count). The van der Waals surface area contributed by atoms with E-state index in [4.69, 9.17) is 0 Å². The van der Waals surface area contributed by atoms with Crippen LogP contribution in [-0.2, 0) is 5.54 Å². The average Bonchev–Trinajstić information content (AvgIpc) is 2.91. The van der Waals surface area contributed by atoms with Crippen molar-refractivity contribution in [2.45, 2.75) is 40.2 Å². The maximum atomic E-state index is 12.4. The maximum absolute atomic E-state index is 12.4. The number of nitrogens with zero attached hydrogens (tertiary/aromatic N) is 3. The Morgan fingerprint density at radius 1 is 1.17 bits per heavy atom. The van der Waals surface area contributed by atoms with Crippen LogP contribution < -0.4 is 5.32 Å². The molecule has 23 heavy (non-hydrogen) atoms. The molecule has 0 unspecified atom stereocenters. The van der Waals surface area contributed by atoms with Gasteiger partial charge in [-0.05, 0) is 32.9 Å². The fraction of sp³-hybridized carbons (Fsp3) is 0.412. The lowest BCUT2D eigenvalue weighted by Crippen LogP contribution is -2.23. The number of amides is 1. The van der Waals surface area contributed by atoms with Crippen LogP contribution in [0.3, 0.4) is 0 Å². The third-order valence-electron chi connectivity index (χ3n) is 3.35. The van der Waals surface area contributed by atoms with Crippen LogP contribution in [0.1, 0.15) is 55.5 Å². The van der Waals surface area contributed by atoms with Crippen molar-refractivity contribution in [2.24, 2.45) is 5.92 Å². The minimum atomic E-state index is -0.293. The fourth-order valence-electron chi connectivity index (χ4n) is 1.96. The molecule has 0 aliphatic carbocycles. The Morgan fingerprint density at radius 2 is 1.78 bits per heavy atom. The molecule has 2 aromatic rings. The largest absolute Gasteiger partial charge is 0.319 e. The van der Waals surface area contributed by atoms with Gasteiger partial charge < -0.3 is 5.32 Å². The van der Waals surface area contributed by atoms with Crippen molar-refractivity contribution in [3.8, 4) is 0 Å². The molecule has 1 amide bonds. The Balaban J connectivity index is 2.38. The van der Waals surface area contributed by atoms with Gasteiger partial charge in [0.2, 0.25) is 0 Å². The summed E-state index contributed by atoms with van der Waals surface area (Å²) in [5, 5.41) is 7.17. The first kappa shape index (κ1) is 16.9. The van der Waals surface area contributed by atoms with Gasteiger partial charge in [-0.25, -0.2) is 0 Å². The van der Waals surface area contributed by atoms with E-state index >= 15 is 0 Å². The van der Waals surface area contributed by atoms with Crippen molar-refractivity contribution in [1.29, 1.82) is 0 Å². The first-order valence-electron chi connectivity index (χ1n) is 7.56. The van der Waals surface area contributed by atoms with Gasteiger partial charge in [0.15, 0.2) is 11.5 Å². The number of ketones is 1. The van der Waals surface area contributed by atoms with E-state index in [0.717, 1.165) is 0 Å². The lowest BCUT2D eigenvalue weighted by Gasteiger charge is -2.18. The van der Waals surface area contributed by atoms with Crippen LogP contribution in [0.25, 0.3) is 0 Å². The number of nitrogens with one attached hydrogen (secondary N) is 1. The molecule has 6 nitrogen and oxygen atoms in total. The normalized spacial score (nSPS) is 11.6. The van der Waals surface area contributed by atoms with E-state index in [2.05, 4.69) is 15.4 Å². The Hall–Kier alpha value is -2.50. The van der Waals surface area contributed by atoms with Crippen LogP contribution >= 0.6 is 0 Å². The standard InChI is InChI=1S/C17H22N4O2/c1-11(2)15(22)14-13(10-21(20-14)17(3,4)5)19-16(23)12-6-8-18-9-7-12/h6-11H,1-5H3,(H,19,23). The first-order chi connectivity index (χ1) is 10.7. The molecule has 0 bridgehead atoms. The van der Waals surface area contributed by atoms with Crippen molar-refractivity contribution < 1.29 is 9.59 Å². The number of hydrogen-bond donors (Lipinski definition) is 1. The average molecular weight is 314 g/mol. The third kappa shape index (κ3) is 3.83. The molecule has 122 valence electrons. The number of pyridine rings is 1. The van der Waals surface area contributed by atoms with E-state index < -0.39 is 0 Å². The summed E-state index contributed by atoms with van der Waals surface area (Å²) in [6.07, 6.45) is 4.80. The van der Waals surface area contributed by atoms with Crippen LogP contribution in [0, 0.1) is 5.92 Å². The van der Waals surface area contributed by atoms with Crippen molar-refractivity contribution in [3.63, 3.8) is 0 Å². The van der Waals surface area contributed by atoms with Gasteiger partial charge in [-0.3, -0.25) is 19.3 Å². The predicted octanol–water partition coefficient (Wildman–Crippen LogP) is 3.12. The molecule has 6 heteroatoms. The Kier molecular flexibility index (Phi) is 4.63. The Labute approximate surface area is 135 Å². The summed E-state index contributed by atoms with van der Waals surface area (Å²) < 4.78 is 1.70. The molecule has 0 aromatic carbocycles. The highest BCUT2D eigenvalue weighted by atomic mass is 16.2. The molecule has 0 saturated carbocycles. The van der Waals surface area contributed by atoms with Crippen molar-refractivity contribution in [2.75, 3.05) is 5.32 Å². The molecule has 2 aromatic heterocycles. The van der Waals surface area contributed by atoms with Gasteiger partial charge in [-0.2, -0.15) is 5.10 Å². The molecule has 0 aliphatic heterocycles. The summed E-state index contributed by atoms with van der Waals surface area (Å²) in [5.74, 6) is -0.591. The van der Waals surface area contributed by atoms with Crippen LogP contribution in [-0.4, -0.2) is 26.5 Å². The number of rotatable bonds is 4. The summed E-state index contributed by atoms with van der Waals surface area (Å²) in [6, 6.07) is 3.24. The number of carbonyl (C=O) groups is 2. The predicted molar refractivity (Wildman–Crippen MR) is 88.6 cm³/mol. The van der Waals surface area contributed by atoms with Crippen molar-refractivity contribution in [1.82, 2.24) is 14.8 Å². The number of hydrogen-bond acceptors (Lipinski definition) is 4. The molecule has 0 fully saturated rings. The fourth-order valence-corrected chi connectivity index (χ4v) is 1.96. The second kappa shape index (κ2) is 6.32. The molecular weight excluding hydrogens is 292 g/mol. The number of Topliss-reactive ketones (excluding diaryl/α,β-unsaturated/α-hetero) is 1. The van der Waals surface area contributed by atoms with Crippen LogP contribution in [0.2, 0.25) is 0 Å². The molecule has 0 radical (unpaired) electrons. The summed E-state index contributed by atoms with van der Waals surface area (Å²) in [7, 11) is 0. The van der Waals surface area contributed by atoms with Gasteiger partial charge >= 0.3 is 0 Å². The zero-order valence-corrected chi connectivity index (χ0v) is 14.1. The molecule has 0 spiro atoms. The second-order valence-electron chi connectivity index (χ2n) is 6.72. The van der Waals surface area contributed by atoms with E-state index in [-0.39, 0.29) is 28.8 Å². The minimum Gasteiger partial charge on any atom is -0.319 e. The zero-order chi connectivity index (χ0) is 17.2. The smallest absolute Gasteiger partial charge is 0.255 e. The third-order valence-corrected chi connectivity index (χ3v) is 3.35. The highest BCUT2D eigenvalue weighted by Gasteiger charge is 2.24. The van der Waals surface area contributed by atoms with Gasteiger partial charge in [0.25, 0.3) is 5.91 Å². The van der Waals surface area contributed by atoms with E-state index in [9.17, 15) is 9.59 Å². The summed E-state index contributed by atoms with van der Waals surface area (Å²) in [4.78, 5) is 28.6. The van der Waals surface area contributed by atoms with Gasteiger partial charge in [-0.15, -0.1) is 0 Å². The minimum absolute atomic E-state index is 0.0990. The van der Waals surface area contributed by atoms with E-state index in [1.165, 1.54) is 0 Å². The molecule has 0 saturated heterocycles. The topological polar surface area (TPSA) is 76.9 Å². The molecule has 0 aliphatic rings. The van der Waals surface area contributed by atoms with Gasteiger partial charge in [0, 0.05) is 30.1 Å². The molecule has 2 heterocycles. The Morgan fingerprint density at radius 3 is 2.30 bits per heavy atom. The lowest BCUT2D eigenvalue weighted by molar-refractivity contribution is 0.0933. The molecule has 1 N–H and O–H groups in total. The van der Waals surface area contributed by atoms with Crippen LogP contribution in [0.15, 0.2) is 30.7 Å². The van der Waals surface area contributed by atoms with Gasteiger partial charge in [-0.1, -0.05) is 13.8 Å². The second-order valence-corrected chi connectivity index (χ2v) is 6.72. The quantitative estimate of drug-likeness (QED) is 0.880. The van der Waals surface area contributed by atoms with E-state index in [1.807, 2.05) is 34.6 Å². The highest BCUT2D eigenvalue weighted by Crippen LogP contribution is 2.23. The lowest BCUT2D eigenvalue weighted by atomic mass is 10.1. The van der Waals surface area contributed by atoms with Gasteiger partial charge in [0.05, 0.1) is 11.2 Å². The highest BCUT2D eigenvalue weighted by molar-refractivity contribution is 6.08. The summed E-state index contributed by atoms with van der Waals surface area (Å²) in [5.41, 5.74) is 0.912. The van der Waals surface area contributed by atoms with E-state index in [0.29, 0.717) is 11.3 Å². The first-order valence-corrected chi connectivity index (χ1v) is 7.56. The van der Waals surface area contributed by atoms with Crippen molar-refractivity contribution >= 4 is 17.4 Å². The van der Waals surface area contributed by atoms with E-state index in [1.54, 1.807) is 35.4 Å². The van der Waals surface area contributed by atoms with Gasteiger partial charge in [0.1, 0.15) is 0 Å². The molecule has 0 atom stereocenters.